The van der Waals surface area contributed by atoms with Gasteiger partial charge in [-0.1, -0.05) is 12.1 Å². The van der Waals surface area contributed by atoms with Crippen LogP contribution >= 0.6 is 0 Å². The Balaban J connectivity index is 1.60. The van der Waals surface area contributed by atoms with Crippen molar-refractivity contribution in [3.63, 3.8) is 0 Å². The van der Waals surface area contributed by atoms with E-state index in [4.69, 9.17) is 9.47 Å². The molecule has 0 aliphatic carbocycles. The van der Waals surface area contributed by atoms with Gasteiger partial charge in [-0.3, -0.25) is 39.7 Å². The summed E-state index contributed by atoms with van der Waals surface area (Å²) in [5, 5.41) is 12.0. The lowest BCUT2D eigenvalue weighted by atomic mass is 10.1. The number of methoxy groups -OCH3 is 1. The highest BCUT2D eigenvalue weighted by Gasteiger charge is 2.38. The largest absolute Gasteiger partial charge is 0.497 e. The molecular formula is C22H21N3O8. The van der Waals surface area contributed by atoms with Crippen LogP contribution in [0.2, 0.25) is 0 Å². The lowest BCUT2D eigenvalue weighted by Crippen LogP contribution is -2.43. The van der Waals surface area contributed by atoms with E-state index >= 15 is 0 Å². The molecular weight excluding hydrogens is 434 g/mol. The monoisotopic (exact) mass is 455 g/mol. The van der Waals surface area contributed by atoms with E-state index in [0.717, 1.165) is 5.01 Å². The third-order valence-corrected chi connectivity index (χ3v) is 5.08. The van der Waals surface area contributed by atoms with Crippen LogP contribution in [0.15, 0.2) is 48.5 Å². The third kappa shape index (κ3) is 5.32. The number of hydrogen-bond acceptors (Lipinski definition) is 8. The van der Waals surface area contributed by atoms with E-state index in [0.29, 0.717) is 11.3 Å². The third-order valence-electron chi connectivity index (χ3n) is 5.08. The van der Waals surface area contributed by atoms with Gasteiger partial charge in [-0.15, -0.1) is 0 Å². The molecule has 2 aromatic carbocycles. The van der Waals surface area contributed by atoms with Crippen molar-refractivity contribution in [1.29, 1.82) is 0 Å². The van der Waals surface area contributed by atoms with Gasteiger partial charge in [0.2, 0.25) is 11.7 Å². The fourth-order valence-corrected chi connectivity index (χ4v) is 3.30. The van der Waals surface area contributed by atoms with E-state index in [-0.39, 0.29) is 18.5 Å². The topological polar surface area (TPSA) is 145 Å². The van der Waals surface area contributed by atoms with E-state index in [1.807, 2.05) is 0 Å². The second-order valence-corrected chi connectivity index (χ2v) is 7.29. The number of nitrogens with zero attached hydrogens (tertiary/aromatic N) is 2. The number of Topliss-reactive ketones (excluding diaryl/α,β-unsaturated/α-hetero) is 1. The molecule has 33 heavy (non-hydrogen) atoms. The second kappa shape index (κ2) is 9.90. The average Bonchev–Trinajstić information content (AvgIpc) is 3.18. The van der Waals surface area contributed by atoms with Crippen molar-refractivity contribution in [3.05, 3.63) is 69.8 Å². The van der Waals surface area contributed by atoms with Crippen LogP contribution in [0.4, 0.5) is 5.69 Å². The van der Waals surface area contributed by atoms with E-state index in [1.54, 1.807) is 24.3 Å². The lowest BCUT2D eigenvalue weighted by molar-refractivity contribution is -0.385. The van der Waals surface area contributed by atoms with Crippen LogP contribution in [0.3, 0.4) is 0 Å². The van der Waals surface area contributed by atoms with Gasteiger partial charge in [0, 0.05) is 18.1 Å². The molecule has 172 valence electrons. The summed E-state index contributed by atoms with van der Waals surface area (Å²) in [6, 6.07) is 11.6. The predicted molar refractivity (Wildman–Crippen MR) is 113 cm³/mol. The first-order valence-electron chi connectivity index (χ1n) is 9.94. The summed E-state index contributed by atoms with van der Waals surface area (Å²) in [6.45, 7) is 1.24. The summed E-state index contributed by atoms with van der Waals surface area (Å²) in [4.78, 5) is 60.1. The summed E-state index contributed by atoms with van der Waals surface area (Å²) in [7, 11) is 1.50. The van der Waals surface area contributed by atoms with E-state index in [2.05, 4.69) is 5.43 Å². The number of rotatable bonds is 8. The molecule has 0 radical (unpaired) electrons. The van der Waals surface area contributed by atoms with Gasteiger partial charge < -0.3 is 9.47 Å². The molecule has 1 saturated heterocycles. The Morgan fingerprint density at radius 3 is 2.45 bits per heavy atom. The summed E-state index contributed by atoms with van der Waals surface area (Å²) < 4.78 is 10.3. The van der Waals surface area contributed by atoms with Gasteiger partial charge in [-0.25, -0.2) is 0 Å². The number of nitrogens with one attached hydrogen (secondary N) is 1. The van der Waals surface area contributed by atoms with Gasteiger partial charge >= 0.3 is 5.97 Å². The quantitative estimate of drug-likeness (QED) is 0.275. The molecule has 0 aromatic heterocycles. The zero-order valence-corrected chi connectivity index (χ0v) is 17.8. The minimum absolute atomic E-state index is 0.187. The lowest BCUT2D eigenvalue weighted by Gasteiger charge is -2.18. The molecule has 0 saturated carbocycles. The SMILES string of the molecule is COc1ccc(C(=O)[C@@H](C)OC(=O)[C@H]2CC(=O)N(NC(=O)c3ccccc3[N+](=O)[O-])C2)cc1. The highest BCUT2D eigenvalue weighted by atomic mass is 16.6. The molecule has 0 bridgehead atoms. The van der Waals surface area contributed by atoms with Gasteiger partial charge in [0.05, 0.1) is 24.5 Å². The molecule has 2 atom stereocenters. The summed E-state index contributed by atoms with van der Waals surface area (Å²) in [5.74, 6) is -2.93. The van der Waals surface area contributed by atoms with E-state index in [1.165, 1.54) is 38.3 Å². The van der Waals surface area contributed by atoms with Gasteiger partial charge in [0.15, 0.2) is 6.10 Å². The molecule has 11 nitrogen and oxygen atoms in total. The normalized spacial score (nSPS) is 16.1. The number of hydrogen-bond donors (Lipinski definition) is 1. The number of esters is 1. The van der Waals surface area contributed by atoms with Crippen LogP contribution in [0, 0.1) is 16.0 Å². The number of para-hydroxylation sites is 1. The van der Waals surface area contributed by atoms with Gasteiger partial charge in [-0.2, -0.15) is 0 Å². The number of carbonyl (C=O) groups is 4. The van der Waals surface area contributed by atoms with Crippen LogP contribution in [0.25, 0.3) is 0 Å². The Labute approximate surface area is 188 Å². The fraction of sp³-hybridized carbons (Fsp3) is 0.273. The maximum Gasteiger partial charge on any atom is 0.312 e. The number of nitro benzene ring substituents is 1. The number of amides is 2. The van der Waals surface area contributed by atoms with E-state index < -0.39 is 46.2 Å². The first kappa shape index (κ1) is 23.4. The number of hydrazine groups is 1. The van der Waals surface area contributed by atoms with Crippen LogP contribution in [0.1, 0.15) is 34.1 Å². The first-order chi connectivity index (χ1) is 15.7. The number of benzene rings is 2. The maximum absolute atomic E-state index is 12.5. The van der Waals surface area contributed by atoms with Gasteiger partial charge in [0.25, 0.3) is 11.6 Å². The van der Waals surface area contributed by atoms with Crippen LogP contribution in [0.5, 0.6) is 5.75 Å². The van der Waals surface area contributed by atoms with Gasteiger partial charge in [0.1, 0.15) is 11.3 Å². The van der Waals surface area contributed by atoms with Crippen LogP contribution in [-0.4, -0.2) is 53.3 Å². The van der Waals surface area contributed by atoms with Crippen LogP contribution in [-0.2, 0) is 14.3 Å². The molecule has 1 fully saturated rings. The number of carbonyl (C=O) groups excluding carboxylic acids is 4. The van der Waals surface area contributed by atoms with Crippen molar-refractivity contribution in [3.8, 4) is 5.75 Å². The smallest absolute Gasteiger partial charge is 0.312 e. The Morgan fingerprint density at radius 2 is 1.82 bits per heavy atom. The second-order valence-electron chi connectivity index (χ2n) is 7.29. The molecule has 2 aromatic rings. The minimum Gasteiger partial charge on any atom is -0.497 e. The number of nitro groups is 1. The predicted octanol–water partition coefficient (Wildman–Crippen LogP) is 1.91. The average molecular weight is 455 g/mol. The summed E-state index contributed by atoms with van der Waals surface area (Å²) in [6.07, 6.45) is -1.32. The Hall–Kier alpha value is -4.28. The number of ketones is 1. The molecule has 1 aliphatic heterocycles. The molecule has 1 N–H and O–H groups in total. The van der Waals surface area contributed by atoms with Crippen molar-refractivity contribution in [2.45, 2.75) is 19.4 Å². The van der Waals surface area contributed by atoms with Gasteiger partial charge in [-0.05, 0) is 37.3 Å². The maximum atomic E-state index is 12.5. The van der Waals surface area contributed by atoms with Crippen molar-refractivity contribution in [2.24, 2.45) is 5.92 Å². The first-order valence-corrected chi connectivity index (χ1v) is 9.94. The highest BCUT2D eigenvalue weighted by molar-refractivity contribution is 6.01. The molecule has 1 aliphatic rings. The van der Waals surface area contributed by atoms with Crippen molar-refractivity contribution in [1.82, 2.24) is 10.4 Å². The fourth-order valence-electron chi connectivity index (χ4n) is 3.30. The van der Waals surface area contributed by atoms with E-state index in [9.17, 15) is 29.3 Å². The zero-order chi connectivity index (χ0) is 24.1. The molecule has 2 amide bonds. The zero-order valence-electron chi connectivity index (χ0n) is 17.8. The molecule has 0 spiro atoms. The summed E-state index contributed by atoms with van der Waals surface area (Å²) >= 11 is 0. The Bertz CT molecular complexity index is 1100. The Morgan fingerprint density at radius 1 is 1.15 bits per heavy atom. The van der Waals surface area contributed by atoms with Crippen molar-refractivity contribution < 1.29 is 33.6 Å². The summed E-state index contributed by atoms with van der Waals surface area (Å²) in [5.41, 5.74) is 1.99. The minimum atomic E-state index is -1.09. The molecule has 11 heteroatoms. The van der Waals surface area contributed by atoms with Crippen molar-refractivity contribution in [2.75, 3.05) is 13.7 Å². The van der Waals surface area contributed by atoms with Crippen LogP contribution < -0.4 is 10.2 Å². The molecule has 3 rings (SSSR count). The molecule has 0 unspecified atom stereocenters. The Kier molecular flexibility index (Phi) is 7.01. The highest BCUT2D eigenvalue weighted by Crippen LogP contribution is 2.22. The number of ether oxygens (including phenoxy) is 2. The molecule has 1 heterocycles. The standard InChI is InChI=1S/C22H21N3O8/c1-13(20(27)14-7-9-16(32-2)10-8-14)33-22(29)15-11-19(26)24(12-15)23-21(28)17-5-3-4-6-18(17)25(30)31/h3-10,13,15H,11-12H2,1-2H3,(H,23,28)/t13-,15+/m1/s1. The van der Waals surface area contributed by atoms with Crippen molar-refractivity contribution >= 4 is 29.3 Å².